The van der Waals surface area contributed by atoms with Crippen molar-refractivity contribution < 1.29 is 36.2 Å². The first kappa shape index (κ1) is 15.2. The molecule has 0 saturated carbocycles. The van der Waals surface area contributed by atoms with E-state index in [1.807, 2.05) is 0 Å². The molecule has 0 atom stereocenters. The van der Waals surface area contributed by atoms with Crippen molar-refractivity contribution in [3.63, 3.8) is 0 Å². The molecule has 0 radical (unpaired) electrons. The molecule has 1 aromatic rings. The third-order valence-corrected chi connectivity index (χ3v) is 1.89. The minimum absolute atomic E-state index is 0.498. The van der Waals surface area contributed by atoms with Gasteiger partial charge in [0.2, 0.25) is 0 Å². The Hall–Kier alpha value is -1.90. The van der Waals surface area contributed by atoms with Crippen molar-refractivity contribution >= 4 is 11.7 Å². The number of carbonyl (C=O) groups is 1. The number of nitrogens with two attached hydrogens (primary N) is 1. The summed E-state index contributed by atoms with van der Waals surface area (Å²) >= 11 is 0. The molecule has 1 aromatic carbocycles. The second-order valence-electron chi connectivity index (χ2n) is 3.28. The van der Waals surface area contributed by atoms with E-state index in [0.717, 1.165) is 0 Å². The Morgan fingerprint density at radius 3 is 2.37 bits per heavy atom. The van der Waals surface area contributed by atoms with E-state index in [9.17, 15) is 26.7 Å². The van der Waals surface area contributed by atoms with Crippen LogP contribution in [0, 0.1) is 11.6 Å². The Morgan fingerprint density at radius 1 is 1.16 bits per heavy atom. The van der Waals surface area contributed by atoms with Crippen LogP contribution in [0.1, 0.15) is 10.4 Å². The van der Waals surface area contributed by atoms with Crippen LogP contribution in [0.5, 0.6) is 0 Å². The summed E-state index contributed by atoms with van der Waals surface area (Å²) in [4.78, 5) is 11.2. The normalized spacial score (nSPS) is 11.4. The monoisotopic (exact) mass is 285 g/mol. The first-order valence-corrected chi connectivity index (χ1v) is 4.83. The minimum atomic E-state index is -4.86. The van der Waals surface area contributed by atoms with Crippen molar-refractivity contribution in [3.8, 4) is 0 Å². The maximum Gasteiger partial charge on any atom is 0.522 e. The van der Waals surface area contributed by atoms with Crippen LogP contribution in [0.25, 0.3) is 0 Å². The summed E-state index contributed by atoms with van der Waals surface area (Å²) in [6.45, 7) is -1.71. The fraction of sp³-hybridized carbons (Fsp3) is 0.300. The van der Waals surface area contributed by atoms with Gasteiger partial charge in [0.25, 0.3) is 0 Å². The molecule has 19 heavy (non-hydrogen) atoms. The van der Waals surface area contributed by atoms with Crippen LogP contribution in [0.2, 0.25) is 0 Å². The zero-order valence-electron chi connectivity index (χ0n) is 9.26. The summed E-state index contributed by atoms with van der Waals surface area (Å²) in [5.41, 5.74) is 3.78. The molecule has 106 valence electrons. The van der Waals surface area contributed by atoms with Gasteiger partial charge in [-0.2, -0.15) is 0 Å². The predicted octanol–water partition coefficient (Wildman–Crippen LogP) is 2.24. The van der Waals surface area contributed by atoms with Gasteiger partial charge in [-0.25, -0.2) is 13.6 Å². The van der Waals surface area contributed by atoms with Crippen molar-refractivity contribution in [1.29, 1.82) is 0 Å². The van der Waals surface area contributed by atoms with Gasteiger partial charge in [-0.1, -0.05) is 0 Å². The van der Waals surface area contributed by atoms with E-state index in [1.165, 1.54) is 0 Å². The number of alkyl halides is 3. The van der Waals surface area contributed by atoms with Crippen molar-refractivity contribution in [2.75, 3.05) is 18.9 Å². The van der Waals surface area contributed by atoms with Gasteiger partial charge in [0, 0.05) is 6.07 Å². The molecule has 0 fully saturated rings. The van der Waals surface area contributed by atoms with Crippen molar-refractivity contribution in [2.45, 2.75) is 6.36 Å². The molecule has 0 aromatic heterocycles. The number of benzene rings is 1. The van der Waals surface area contributed by atoms with Gasteiger partial charge in [0.15, 0.2) is 0 Å². The highest BCUT2D eigenvalue weighted by molar-refractivity contribution is 5.90. The Labute approximate surface area is 103 Å². The lowest BCUT2D eigenvalue weighted by Gasteiger charge is -2.09. The molecule has 1 rings (SSSR count). The van der Waals surface area contributed by atoms with Crippen molar-refractivity contribution in [2.24, 2.45) is 0 Å². The predicted molar refractivity (Wildman–Crippen MR) is 53.1 cm³/mol. The Bertz CT molecular complexity index is 475. The summed E-state index contributed by atoms with van der Waals surface area (Å²) < 4.78 is 68.6. The number of nitrogen functional groups attached to an aromatic ring is 1. The van der Waals surface area contributed by atoms with E-state index < -0.39 is 48.4 Å². The molecule has 0 spiro atoms. The Balaban J connectivity index is 2.57. The first-order valence-electron chi connectivity index (χ1n) is 4.83. The molecule has 0 aliphatic rings. The van der Waals surface area contributed by atoms with E-state index in [2.05, 4.69) is 9.47 Å². The third-order valence-electron chi connectivity index (χ3n) is 1.89. The highest BCUT2D eigenvalue weighted by Crippen LogP contribution is 2.18. The lowest BCUT2D eigenvalue weighted by Crippen LogP contribution is -2.19. The molecule has 9 heteroatoms. The van der Waals surface area contributed by atoms with Crippen LogP contribution in [-0.2, 0) is 9.47 Å². The standard InChI is InChI=1S/C10H8F5NO3/c11-6-4-8(16)7(12)3-5(6)9(17)18-1-2-19-10(13,14)15/h3-4H,1-2,16H2. The first-order chi connectivity index (χ1) is 8.70. The van der Waals surface area contributed by atoms with Gasteiger partial charge < -0.3 is 10.5 Å². The average molecular weight is 285 g/mol. The zero-order valence-corrected chi connectivity index (χ0v) is 9.26. The van der Waals surface area contributed by atoms with E-state index in [1.54, 1.807) is 0 Å². The van der Waals surface area contributed by atoms with Crippen LogP contribution in [0.4, 0.5) is 27.6 Å². The maximum atomic E-state index is 13.2. The molecule has 4 nitrogen and oxygen atoms in total. The maximum absolute atomic E-state index is 13.2. The number of rotatable bonds is 4. The number of carbonyl (C=O) groups excluding carboxylic acids is 1. The summed E-state index contributed by atoms with van der Waals surface area (Å²) in [6.07, 6.45) is -4.86. The molecule has 0 aliphatic carbocycles. The zero-order chi connectivity index (χ0) is 14.6. The quantitative estimate of drug-likeness (QED) is 0.399. The number of anilines is 1. The number of halogens is 5. The van der Waals surface area contributed by atoms with Crippen LogP contribution in [0.15, 0.2) is 12.1 Å². The van der Waals surface area contributed by atoms with Crippen LogP contribution in [0.3, 0.4) is 0 Å². The number of ether oxygens (including phenoxy) is 2. The van der Waals surface area contributed by atoms with E-state index in [4.69, 9.17) is 5.73 Å². The minimum Gasteiger partial charge on any atom is -0.460 e. The highest BCUT2D eigenvalue weighted by atomic mass is 19.4. The lowest BCUT2D eigenvalue weighted by molar-refractivity contribution is -0.326. The molecule has 0 aliphatic heterocycles. The summed E-state index contributed by atoms with van der Waals surface area (Å²) in [5, 5.41) is 0. The third kappa shape index (κ3) is 4.70. The van der Waals surface area contributed by atoms with Gasteiger partial charge in [-0.15, -0.1) is 13.2 Å². The molecule has 2 N–H and O–H groups in total. The second kappa shape index (κ2) is 5.83. The van der Waals surface area contributed by atoms with E-state index in [-0.39, 0.29) is 0 Å². The van der Waals surface area contributed by atoms with Gasteiger partial charge in [-0.3, -0.25) is 4.74 Å². The fourth-order valence-electron chi connectivity index (χ4n) is 1.09. The van der Waals surface area contributed by atoms with Gasteiger partial charge >= 0.3 is 12.3 Å². The molecule has 0 bridgehead atoms. The second-order valence-corrected chi connectivity index (χ2v) is 3.28. The van der Waals surface area contributed by atoms with Crippen molar-refractivity contribution in [1.82, 2.24) is 0 Å². The number of hydrogen-bond acceptors (Lipinski definition) is 4. The van der Waals surface area contributed by atoms with E-state index in [0.29, 0.717) is 12.1 Å². The van der Waals surface area contributed by atoms with Crippen LogP contribution >= 0.6 is 0 Å². The fourth-order valence-corrected chi connectivity index (χ4v) is 1.09. The van der Waals surface area contributed by atoms with Gasteiger partial charge in [-0.05, 0) is 6.07 Å². The molecule has 0 heterocycles. The van der Waals surface area contributed by atoms with Crippen LogP contribution < -0.4 is 5.73 Å². The average Bonchev–Trinajstić information content (AvgIpc) is 2.28. The van der Waals surface area contributed by atoms with E-state index >= 15 is 0 Å². The molecule has 0 unspecified atom stereocenters. The largest absolute Gasteiger partial charge is 0.522 e. The van der Waals surface area contributed by atoms with Gasteiger partial charge in [0.05, 0.1) is 17.9 Å². The Kier molecular flexibility index (Phi) is 4.65. The SMILES string of the molecule is Nc1cc(F)c(C(=O)OCCOC(F)(F)F)cc1F. The highest BCUT2D eigenvalue weighted by Gasteiger charge is 2.29. The van der Waals surface area contributed by atoms with Gasteiger partial charge in [0.1, 0.15) is 18.2 Å². The molecule has 0 amide bonds. The van der Waals surface area contributed by atoms with Crippen molar-refractivity contribution in [3.05, 3.63) is 29.3 Å². The van der Waals surface area contributed by atoms with Crippen LogP contribution in [-0.4, -0.2) is 25.5 Å². The summed E-state index contributed by atoms with van der Waals surface area (Å²) in [7, 11) is 0. The topological polar surface area (TPSA) is 61.6 Å². The Morgan fingerprint density at radius 2 is 1.79 bits per heavy atom. The molecular weight excluding hydrogens is 277 g/mol. The molecular formula is C10H8F5NO3. The lowest BCUT2D eigenvalue weighted by atomic mass is 10.2. The number of hydrogen-bond donors (Lipinski definition) is 1. The summed E-state index contributed by atoms with van der Waals surface area (Å²) in [6, 6.07) is 1.07. The number of esters is 1. The summed E-state index contributed by atoms with van der Waals surface area (Å²) in [5.74, 6) is -3.50. The smallest absolute Gasteiger partial charge is 0.460 e. The molecule has 0 saturated heterocycles.